The first-order valence-corrected chi connectivity index (χ1v) is 5.57. The lowest BCUT2D eigenvalue weighted by Gasteiger charge is -2.22. The smallest absolute Gasteiger partial charge is 0.416 e. The molecule has 0 fully saturated rings. The minimum atomic E-state index is -4.55. The van der Waals surface area contributed by atoms with Crippen LogP contribution in [0.1, 0.15) is 15.9 Å². The number of hydrogen-bond acceptors (Lipinski definition) is 3. The number of nitrogens with one attached hydrogen (secondary N) is 1. The summed E-state index contributed by atoms with van der Waals surface area (Å²) in [5.74, 6) is -1.38. The molecule has 0 aromatic heterocycles. The molecule has 0 aliphatic rings. The number of rotatable bonds is 5. The summed E-state index contributed by atoms with van der Waals surface area (Å²) >= 11 is 0. The summed E-state index contributed by atoms with van der Waals surface area (Å²) in [6.07, 6.45) is -4.55. The Balaban J connectivity index is 3.15. The molecule has 0 radical (unpaired) electrons. The number of alkyl halides is 3. The van der Waals surface area contributed by atoms with Gasteiger partial charge in [0.2, 0.25) is 0 Å². The van der Waals surface area contributed by atoms with E-state index in [2.05, 4.69) is 5.32 Å². The molecule has 1 aromatic carbocycles. The van der Waals surface area contributed by atoms with Gasteiger partial charge in [-0.15, -0.1) is 0 Å². The van der Waals surface area contributed by atoms with Gasteiger partial charge >= 0.3 is 12.1 Å². The second kappa shape index (κ2) is 5.92. The number of hydrogen-bond donors (Lipinski definition) is 2. The lowest BCUT2D eigenvalue weighted by Crippen LogP contribution is -2.28. The monoisotopic (exact) mass is 276 g/mol. The molecule has 19 heavy (non-hydrogen) atoms. The van der Waals surface area contributed by atoms with Crippen molar-refractivity contribution in [3.63, 3.8) is 0 Å². The van der Waals surface area contributed by atoms with Crippen LogP contribution < -0.4 is 10.2 Å². The molecule has 4 nitrogen and oxygen atoms in total. The average molecular weight is 276 g/mol. The van der Waals surface area contributed by atoms with Gasteiger partial charge in [-0.3, -0.25) is 0 Å². The molecule has 0 aliphatic heterocycles. The minimum absolute atomic E-state index is 0.260. The average Bonchev–Trinajstić information content (AvgIpc) is 2.34. The van der Waals surface area contributed by atoms with Gasteiger partial charge in [0.05, 0.1) is 16.8 Å². The fourth-order valence-electron chi connectivity index (χ4n) is 1.62. The van der Waals surface area contributed by atoms with Gasteiger partial charge in [-0.1, -0.05) is 0 Å². The molecule has 0 atom stereocenters. The normalized spacial score (nSPS) is 11.4. The van der Waals surface area contributed by atoms with Crippen LogP contribution in [0.25, 0.3) is 0 Å². The summed E-state index contributed by atoms with van der Waals surface area (Å²) in [5.41, 5.74) is -1.06. The van der Waals surface area contributed by atoms with Crippen LogP contribution in [-0.2, 0) is 6.18 Å². The Morgan fingerprint density at radius 3 is 2.53 bits per heavy atom. The number of aromatic carboxylic acids is 1. The first-order chi connectivity index (χ1) is 8.77. The van der Waals surface area contributed by atoms with Gasteiger partial charge in [0.1, 0.15) is 0 Å². The largest absolute Gasteiger partial charge is 0.478 e. The summed E-state index contributed by atoms with van der Waals surface area (Å²) in [4.78, 5) is 12.7. The third-order valence-corrected chi connectivity index (χ3v) is 2.66. The predicted octanol–water partition coefficient (Wildman–Crippen LogP) is 2.06. The summed E-state index contributed by atoms with van der Waals surface area (Å²) in [5, 5.41) is 11.9. The number of carboxylic acids is 1. The van der Waals surface area contributed by atoms with Crippen molar-refractivity contribution in [2.75, 3.05) is 32.1 Å². The minimum Gasteiger partial charge on any atom is -0.478 e. The third-order valence-electron chi connectivity index (χ3n) is 2.66. The lowest BCUT2D eigenvalue weighted by molar-refractivity contribution is -0.137. The Morgan fingerprint density at radius 2 is 2.05 bits per heavy atom. The quantitative estimate of drug-likeness (QED) is 0.864. The molecular weight excluding hydrogens is 261 g/mol. The molecule has 0 bridgehead atoms. The maximum absolute atomic E-state index is 12.6. The van der Waals surface area contributed by atoms with Crippen LogP contribution in [0.5, 0.6) is 0 Å². The molecule has 0 heterocycles. The molecule has 0 spiro atoms. The first-order valence-electron chi connectivity index (χ1n) is 5.57. The summed E-state index contributed by atoms with van der Waals surface area (Å²) in [6, 6.07) is 2.73. The molecule has 0 saturated heterocycles. The van der Waals surface area contributed by atoms with Crippen molar-refractivity contribution in [2.24, 2.45) is 0 Å². The van der Waals surface area contributed by atoms with Crippen molar-refractivity contribution in [3.05, 3.63) is 29.3 Å². The number of carbonyl (C=O) groups is 1. The van der Waals surface area contributed by atoms with Crippen molar-refractivity contribution >= 4 is 11.7 Å². The molecule has 0 amide bonds. The van der Waals surface area contributed by atoms with Crippen LogP contribution in [-0.4, -0.2) is 38.3 Å². The van der Waals surface area contributed by atoms with Gasteiger partial charge in [0.25, 0.3) is 0 Å². The fraction of sp³-hybridized carbons (Fsp3) is 0.417. The molecule has 106 valence electrons. The van der Waals surface area contributed by atoms with Gasteiger partial charge in [-0.2, -0.15) is 13.2 Å². The second-order valence-electron chi connectivity index (χ2n) is 4.06. The second-order valence-corrected chi connectivity index (χ2v) is 4.06. The Bertz CT molecular complexity index is 461. The van der Waals surface area contributed by atoms with Crippen LogP contribution >= 0.6 is 0 Å². The Labute approximate surface area is 108 Å². The molecule has 0 saturated carbocycles. The Kier molecular flexibility index (Phi) is 4.77. The number of anilines is 1. The van der Waals surface area contributed by atoms with E-state index >= 15 is 0 Å². The van der Waals surface area contributed by atoms with E-state index in [0.29, 0.717) is 19.2 Å². The number of likely N-dealkylation sites (N-methyl/N-ethyl adjacent to an activating group) is 2. The molecule has 0 aliphatic carbocycles. The third kappa shape index (κ3) is 3.85. The Morgan fingerprint density at radius 1 is 1.42 bits per heavy atom. The SMILES string of the molecule is CNCCN(C)c1ccc(C(F)(F)F)cc1C(=O)O. The van der Waals surface area contributed by atoms with E-state index in [1.807, 2.05) is 0 Å². The van der Waals surface area contributed by atoms with Crippen LogP contribution in [0.15, 0.2) is 18.2 Å². The lowest BCUT2D eigenvalue weighted by atomic mass is 10.1. The number of benzene rings is 1. The summed E-state index contributed by atoms with van der Waals surface area (Å²) in [7, 11) is 3.37. The standard InChI is InChI=1S/C12H15F3N2O2/c1-16-5-6-17(2)10-4-3-8(12(13,14)15)7-9(10)11(18)19/h3-4,7,16H,5-6H2,1-2H3,(H,18,19). The number of carboxylic acid groups (broad SMARTS) is 1. The van der Waals surface area contributed by atoms with Crippen LogP contribution in [0.3, 0.4) is 0 Å². The van der Waals surface area contributed by atoms with Gasteiger partial charge in [0, 0.05) is 20.1 Å². The zero-order valence-corrected chi connectivity index (χ0v) is 10.6. The zero-order chi connectivity index (χ0) is 14.6. The number of halogens is 3. The zero-order valence-electron chi connectivity index (χ0n) is 10.6. The highest BCUT2D eigenvalue weighted by Gasteiger charge is 2.32. The van der Waals surface area contributed by atoms with E-state index in [9.17, 15) is 18.0 Å². The fourth-order valence-corrected chi connectivity index (χ4v) is 1.62. The van der Waals surface area contributed by atoms with Crippen LogP contribution in [0.2, 0.25) is 0 Å². The van der Waals surface area contributed by atoms with Crippen molar-refractivity contribution in [1.29, 1.82) is 0 Å². The Hall–Kier alpha value is -1.76. The van der Waals surface area contributed by atoms with Gasteiger partial charge in [-0.25, -0.2) is 4.79 Å². The van der Waals surface area contributed by atoms with E-state index < -0.39 is 17.7 Å². The van der Waals surface area contributed by atoms with Crippen LogP contribution in [0, 0.1) is 0 Å². The van der Waals surface area contributed by atoms with E-state index in [1.54, 1.807) is 19.0 Å². The molecule has 2 N–H and O–H groups in total. The van der Waals surface area contributed by atoms with E-state index in [4.69, 9.17) is 5.11 Å². The first kappa shape index (κ1) is 15.3. The van der Waals surface area contributed by atoms with Crippen molar-refractivity contribution in [1.82, 2.24) is 5.32 Å². The molecule has 1 aromatic rings. The number of nitrogens with zero attached hydrogens (tertiary/aromatic N) is 1. The van der Waals surface area contributed by atoms with Gasteiger partial charge in [-0.05, 0) is 25.2 Å². The highest BCUT2D eigenvalue weighted by molar-refractivity contribution is 5.94. The van der Waals surface area contributed by atoms with E-state index in [0.717, 1.165) is 6.07 Å². The summed E-state index contributed by atoms with van der Waals surface area (Å²) in [6.45, 7) is 1.08. The topological polar surface area (TPSA) is 52.6 Å². The van der Waals surface area contributed by atoms with Gasteiger partial charge in [0.15, 0.2) is 0 Å². The van der Waals surface area contributed by atoms with Crippen molar-refractivity contribution in [2.45, 2.75) is 6.18 Å². The maximum Gasteiger partial charge on any atom is 0.416 e. The molecular formula is C12H15F3N2O2. The van der Waals surface area contributed by atoms with Gasteiger partial charge < -0.3 is 15.3 Å². The molecule has 1 rings (SSSR count). The molecule has 7 heteroatoms. The molecule has 0 unspecified atom stereocenters. The van der Waals surface area contributed by atoms with E-state index in [1.165, 1.54) is 6.07 Å². The van der Waals surface area contributed by atoms with Crippen molar-refractivity contribution in [3.8, 4) is 0 Å². The maximum atomic E-state index is 12.6. The summed E-state index contributed by atoms with van der Waals surface area (Å²) < 4.78 is 37.7. The van der Waals surface area contributed by atoms with Crippen molar-refractivity contribution < 1.29 is 23.1 Å². The van der Waals surface area contributed by atoms with Crippen LogP contribution in [0.4, 0.5) is 18.9 Å². The predicted molar refractivity (Wildman–Crippen MR) is 65.6 cm³/mol. The highest BCUT2D eigenvalue weighted by Crippen LogP contribution is 2.32. The highest BCUT2D eigenvalue weighted by atomic mass is 19.4. The van der Waals surface area contributed by atoms with E-state index in [-0.39, 0.29) is 11.3 Å².